The van der Waals surface area contributed by atoms with Crippen LogP contribution in [-0.2, 0) is 73.7 Å². The molecule has 13 rings (SSSR count). The summed E-state index contributed by atoms with van der Waals surface area (Å²) < 4.78 is 21.7. The Balaban J connectivity index is 0.000000175. The van der Waals surface area contributed by atoms with E-state index in [0.29, 0.717) is 12.8 Å². The van der Waals surface area contributed by atoms with Crippen molar-refractivity contribution in [2.24, 2.45) is 0 Å². The molecule has 0 fully saturated rings. The van der Waals surface area contributed by atoms with Crippen LogP contribution >= 0.6 is 0 Å². The molecule has 0 saturated heterocycles. The number of hydrogen-bond donors (Lipinski definition) is 6. The van der Waals surface area contributed by atoms with Gasteiger partial charge in [0.2, 0.25) is 13.6 Å². The van der Waals surface area contributed by atoms with Crippen molar-refractivity contribution in [3.63, 3.8) is 0 Å². The molecule has 16 nitrogen and oxygen atoms in total. The fourth-order valence-electron chi connectivity index (χ4n) is 13.4. The van der Waals surface area contributed by atoms with Crippen molar-refractivity contribution < 1.29 is 47.7 Å². The Morgan fingerprint density at radius 2 is 0.617 bits per heavy atom. The average molecular weight is 1550 g/mol. The lowest BCUT2D eigenvalue weighted by Crippen LogP contribution is -2.48. The van der Waals surface area contributed by atoms with Crippen LogP contribution in [-0.4, -0.2) is 126 Å². The summed E-state index contributed by atoms with van der Waals surface area (Å²) in [5.74, 6) is 4.22. The first kappa shape index (κ1) is 89.2. The Bertz CT molecular complexity index is 4910. The summed E-state index contributed by atoms with van der Waals surface area (Å²) in [6.07, 6.45) is 5.30. The summed E-state index contributed by atoms with van der Waals surface area (Å²) in [6, 6.07) is 88.4. The number of rotatable bonds is 29. The molecule has 6 atom stereocenters. The molecular weight excluding hydrogens is 1430 g/mol. The Labute approximate surface area is 680 Å². The van der Waals surface area contributed by atoms with Gasteiger partial charge in [-0.25, -0.2) is 0 Å². The lowest BCUT2D eigenvalue weighted by atomic mass is 9.89. The molecule has 115 heavy (non-hydrogen) atoms. The third kappa shape index (κ3) is 27.2. The van der Waals surface area contributed by atoms with Gasteiger partial charge in [0.25, 0.3) is 0 Å². The van der Waals surface area contributed by atoms with Gasteiger partial charge in [0.05, 0.1) is 35.7 Å². The van der Waals surface area contributed by atoms with Crippen LogP contribution < -0.4 is 50.8 Å². The first-order valence-corrected chi connectivity index (χ1v) is 39.4. The fourth-order valence-corrected chi connectivity index (χ4v) is 13.4. The van der Waals surface area contributed by atoms with Gasteiger partial charge in [0, 0.05) is 0 Å². The minimum Gasteiger partial charge on any atom is -0.454 e. The van der Waals surface area contributed by atoms with Crippen LogP contribution in [0.1, 0.15) is 94.3 Å². The molecule has 2 heterocycles. The molecule has 11 aromatic carbocycles. The fraction of sp³-hybridized carbons (Fsp3) is 0.293. The number of Topliss-reactive ketones (excluding diaryl/α,β-unsaturated/α-hetero) is 6. The zero-order valence-corrected chi connectivity index (χ0v) is 69.2. The number of hydrogen-bond acceptors (Lipinski definition) is 16. The lowest BCUT2D eigenvalue weighted by Gasteiger charge is -2.26. The number of nitrogens with one attached hydrogen (secondary N) is 6. The van der Waals surface area contributed by atoms with Crippen LogP contribution in [0.25, 0.3) is 55.3 Å². The molecule has 600 valence electrons. The average Bonchev–Trinajstić information content (AvgIpc) is 1.77. The molecule has 3 unspecified atom stereocenters. The van der Waals surface area contributed by atoms with E-state index >= 15 is 0 Å². The Morgan fingerprint density at radius 1 is 0.313 bits per heavy atom. The van der Waals surface area contributed by atoms with Crippen LogP contribution in [0.3, 0.4) is 0 Å². The van der Waals surface area contributed by atoms with Crippen molar-refractivity contribution in [3.05, 3.63) is 300 Å². The van der Waals surface area contributed by atoms with Gasteiger partial charge in [-0.1, -0.05) is 237 Å². The molecule has 0 radical (unpaired) electrons. The van der Waals surface area contributed by atoms with Gasteiger partial charge < -0.3 is 50.8 Å². The molecule has 0 aliphatic carbocycles. The quantitative estimate of drug-likeness (QED) is 0.0257. The van der Waals surface area contributed by atoms with E-state index in [-0.39, 0.29) is 78.5 Å². The second-order valence-corrected chi connectivity index (χ2v) is 29.1. The van der Waals surface area contributed by atoms with Crippen LogP contribution in [0.5, 0.6) is 23.0 Å². The summed E-state index contributed by atoms with van der Waals surface area (Å²) in [7, 11) is 10.9. The summed E-state index contributed by atoms with van der Waals surface area (Å²) in [5, 5.41) is 20.8. The molecule has 6 N–H and O–H groups in total. The van der Waals surface area contributed by atoms with Gasteiger partial charge in [-0.2, -0.15) is 0 Å². The maximum atomic E-state index is 11.6. The maximum Gasteiger partial charge on any atom is 0.231 e. The predicted molar refractivity (Wildman–Crippen MR) is 468 cm³/mol. The molecule has 2 aliphatic rings. The highest BCUT2D eigenvalue weighted by atomic mass is 16.7. The van der Waals surface area contributed by atoms with Crippen molar-refractivity contribution in [2.45, 2.75) is 136 Å². The SMILES string of the molecule is CCc1cc2c(cc1-c1ccc(C[C@H](NC)C(C)=O)cc1)OCO2.CNC(C)(Cc1ccccc1)C(C)=O.CNC(Cc1ccc(-c2ccccc2)cc1)C(C)=O.CNC(Cc1ccccc1)C(C)=O.CN[C@@H](Cc1ccc(-c2ccc3c(c2)OCO3)cc1)C(C)=O.CN[C@@H](Cc1ccc(-c2ccc3ccccc3c2)cc1)C(C)=O. The van der Waals surface area contributed by atoms with Gasteiger partial charge in [0.1, 0.15) is 34.7 Å². The van der Waals surface area contributed by atoms with E-state index in [1.807, 2.05) is 146 Å². The van der Waals surface area contributed by atoms with Gasteiger partial charge >= 0.3 is 0 Å². The number of aryl methyl sites for hydroxylation is 1. The molecule has 2 aliphatic heterocycles. The zero-order valence-electron chi connectivity index (χ0n) is 69.2. The largest absolute Gasteiger partial charge is 0.454 e. The Hall–Kier alpha value is -11.3. The Morgan fingerprint density at radius 3 is 1.00 bits per heavy atom. The minimum atomic E-state index is -0.443. The highest BCUT2D eigenvalue weighted by molar-refractivity contribution is 5.88. The topological polar surface area (TPSA) is 212 Å². The van der Waals surface area contributed by atoms with Crippen molar-refractivity contribution in [3.8, 4) is 67.5 Å². The second-order valence-electron chi connectivity index (χ2n) is 29.1. The van der Waals surface area contributed by atoms with Crippen molar-refractivity contribution in [2.75, 3.05) is 55.9 Å². The maximum absolute atomic E-state index is 11.6. The monoisotopic (exact) mass is 1550 g/mol. The van der Waals surface area contributed by atoms with Crippen LogP contribution in [0.15, 0.2) is 261 Å². The third-order valence-electron chi connectivity index (χ3n) is 21.0. The smallest absolute Gasteiger partial charge is 0.231 e. The Kier molecular flexibility index (Phi) is 35.3. The van der Waals surface area contributed by atoms with Gasteiger partial charge in [-0.15, -0.1) is 0 Å². The molecule has 0 spiro atoms. The molecule has 0 bridgehead atoms. The number of ketones is 6. The van der Waals surface area contributed by atoms with Gasteiger partial charge in [-0.3, -0.25) is 28.8 Å². The summed E-state index contributed by atoms with van der Waals surface area (Å²) >= 11 is 0. The predicted octanol–water partition coefficient (Wildman–Crippen LogP) is 16.7. The van der Waals surface area contributed by atoms with Gasteiger partial charge in [0.15, 0.2) is 23.0 Å². The number of carbonyl (C=O) groups is 6. The van der Waals surface area contributed by atoms with E-state index < -0.39 is 5.54 Å². The van der Waals surface area contributed by atoms with Crippen LogP contribution in [0.4, 0.5) is 0 Å². The molecule has 16 heteroatoms. The highest BCUT2D eigenvalue weighted by Gasteiger charge is 2.28. The van der Waals surface area contributed by atoms with E-state index in [2.05, 4.69) is 203 Å². The first-order valence-electron chi connectivity index (χ1n) is 39.4. The highest BCUT2D eigenvalue weighted by Crippen LogP contribution is 2.40. The van der Waals surface area contributed by atoms with Crippen LogP contribution in [0.2, 0.25) is 0 Å². The zero-order chi connectivity index (χ0) is 82.8. The second kappa shape index (κ2) is 45.5. The van der Waals surface area contributed by atoms with Gasteiger partial charge in [-0.05, 0) is 260 Å². The van der Waals surface area contributed by atoms with E-state index in [0.717, 1.165) is 82.9 Å². The van der Waals surface area contributed by atoms with Crippen molar-refractivity contribution in [1.82, 2.24) is 31.9 Å². The number of fused-ring (bicyclic) bond motifs is 3. The minimum absolute atomic E-state index is 0.0533. The summed E-state index contributed by atoms with van der Waals surface area (Å²) in [5.41, 5.74) is 17.2. The third-order valence-corrected chi connectivity index (χ3v) is 21.0. The first-order chi connectivity index (χ1) is 55.5. The number of likely N-dealkylation sites (N-methyl/N-ethyl adjacent to an activating group) is 6. The lowest BCUT2D eigenvalue weighted by molar-refractivity contribution is -0.122. The molecule has 0 amide bonds. The van der Waals surface area contributed by atoms with Crippen LogP contribution in [0, 0.1) is 0 Å². The standard InChI is InChI=1S/C21H21NO.C20H23NO3.C18H19NO3.C17H19NO.C12H17NO.C11H15NO/c1-15(23)21(22-2)13-16-7-9-18(10-8-16)20-12-11-17-5-3-4-6-19(17)14-20;1-4-15-10-19-20(24-12-23-19)11-17(15)16-7-5-14(6-8-16)9-18(21-3)13(2)22;1-12(20)16(19-2)9-13-3-5-14(6-4-13)15-7-8-17-18(10-15)22-11-21-17;1-13(19)17(18-2)12-14-8-10-16(11-9-14)15-6-4-3-5-7-15;1-10(14)12(2,13-3)9-11-7-5-4-6-8-11;1-9(13)11(12-2)8-10-6-4-3-5-7-10/h3-12,14,21-22H,13H2,1-2H3;5-8,10-11,18,21H,4,9,12H2,1-3H3;3-8,10,16,19H,9,11H2,1-2H3;3-11,17-18H,12H2,1-2H3;4-8,13H,9H2,1-3H3;3-7,11-12H,8H2,1-2H3/t21-;18-;16-;;;/m000.../s1. The summed E-state index contributed by atoms with van der Waals surface area (Å²) in [4.78, 5) is 68.5. The van der Waals surface area contributed by atoms with E-state index in [4.69, 9.17) is 18.9 Å². The van der Waals surface area contributed by atoms with Crippen molar-refractivity contribution in [1.29, 1.82) is 0 Å². The van der Waals surface area contributed by atoms with E-state index in [1.54, 1.807) is 41.5 Å². The molecular formula is C99H114N6O10. The molecule has 0 saturated carbocycles. The number of ether oxygens (including phenoxy) is 4. The van der Waals surface area contributed by atoms with Crippen molar-refractivity contribution >= 4 is 45.5 Å². The molecule has 11 aromatic rings. The number of carbonyl (C=O) groups excluding carboxylic acids is 6. The van der Waals surface area contributed by atoms with E-state index in [9.17, 15) is 28.8 Å². The molecule has 0 aromatic heterocycles. The number of benzene rings is 11. The normalized spacial score (nSPS) is 13.2. The van der Waals surface area contributed by atoms with E-state index in [1.165, 1.54) is 66.4 Å². The summed E-state index contributed by atoms with van der Waals surface area (Å²) in [6.45, 7) is 14.4.